The lowest BCUT2D eigenvalue weighted by Gasteiger charge is -2.22. The van der Waals surface area contributed by atoms with Gasteiger partial charge in [-0.25, -0.2) is 9.97 Å². The Balaban J connectivity index is 1.73. The van der Waals surface area contributed by atoms with Crippen molar-refractivity contribution in [3.63, 3.8) is 0 Å². The van der Waals surface area contributed by atoms with Crippen LogP contribution in [0.2, 0.25) is 0 Å². The lowest BCUT2D eigenvalue weighted by molar-refractivity contribution is -0.137. The SMILES string of the molecule is CN(C)CC(c1ccc(C(F)(F)F)cc1)n1cc(-c2ncnc(N)c2-c2cn[nH]c2)cn1. The van der Waals surface area contributed by atoms with Crippen molar-refractivity contribution >= 4 is 5.82 Å². The Kier molecular flexibility index (Phi) is 5.66. The quantitative estimate of drug-likeness (QED) is 0.474. The predicted octanol–water partition coefficient (Wildman–Crippen LogP) is 3.48. The summed E-state index contributed by atoms with van der Waals surface area (Å²) in [5, 5.41) is 11.2. The largest absolute Gasteiger partial charge is 0.416 e. The number of alkyl halides is 3. The van der Waals surface area contributed by atoms with E-state index >= 15 is 0 Å². The number of likely N-dealkylation sites (N-methyl/N-ethyl adjacent to an activating group) is 1. The Morgan fingerprint density at radius 1 is 1.09 bits per heavy atom. The van der Waals surface area contributed by atoms with Crippen LogP contribution in [0.15, 0.2) is 55.4 Å². The van der Waals surface area contributed by atoms with Crippen LogP contribution in [0.3, 0.4) is 0 Å². The molecule has 3 N–H and O–H groups in total. The molecule has 0 saturated carbocycles. The maximum atomic E-state index is 13.0. The third-order valence-corrected chi connectivity index (χ3v) is 5.02. The molecule has 1 aromatic carbocycles. The maximum Gasteiger partial charge on any atom is 0.416 e. The smallest absolute Gasteiger partial charge is 0.383 e. The summed E-state index contributed by atoms with van der Waals surface area (Å²) >= 11 is 0. The van der Waals surface area contributed by atoms with Crippen LogP contribution in [0.25, 0.3) is 22.4 Å². The van der Waals surface area contributed by atoms with Gasteiger partial charge < -0.3 is 10.6 Å². The van der Waals surface area contributed by atoms with E-state index in [2.05, 4.69) is 25.3 Å². The van der Waals surface area contributed by atoms with Crippen molar-refractivity contribution in [1.29, 1.82) is 0 Å². The topological polar surface area (TPSA) is 102 Å². The van der Waals surface area contributed by atoms with Crippen LogP contribution in [-0.2, 0) is 6.18 Å². The molecule has 0 aliphatic rings. The van der Waals surface area contributed by atoms with Gasteiger partial charge in [0.1, 0.15) is 12.1 Å². The minimum absolute atomic E-state index is 0.303. The van der Waals surface area contributed by atoms with Crippen molar-refractivity contribution in [2.75, 3.05) is 26.4 Å². The minimum atomic E-state index is -4.38. The Morgan fingerprint density at radius 2 is 1.84 bits per heavy atom. The van der Waals surface area contributed by atoms with Crippen molar-refractivity contribution in [3.05, 3.63) is 66.5 Å². The molecule has 32 heavy (non-hydrogen) atoms. The highest BCUT2D eigenvalue weighted by molar-refractivity contribution is 5.86. The Hall–Kier alpha value is -3.73. The molecular weight excluding hydrogens is 421 g/mol. The number of anilines is 1. The third kappa shape index (κ3) is 4.33. The molecule has 1 unspecified atom stereocenters. The molecule has 0 aliphatic heterocycles. The van der Waals surface area contributed by atoms with Gasteiger partial charge in [0.2, 0.25) is 0 Å². The lowest BCUT2D eigenvalue weighted by Crippen LogP contribution is -2.26. The molecule has 4 aromatic rings. The molecule has 4 rings (SSSR count). The Morgan fingerprint density at radius 3 is 2.47 bits per heavy atom. The van der Waals surface area contributed by atoms with Crippen LogP contribution in [0.4, 0.5) is 19.0 Å². The second kappa shape index (κ2) is 8.42. The molecule has 0 radical (unpaired) electrons. The van der Waals surface area contributed by atoms with Gasteiger partial charge in [-0.1, -0.05) is 12.1 Å². The van der Waals surface area contributed by atoms with Gasteiger partial charge in [0.25, 0.3) is 0 Å². The number of hydrogen-bond acceptors (Lipinski definition) is 6. The number of nitrogens with one attached hydrogen (secondary N) is 1. The van der Waals surface area contributed by atoms with E-state index in [1.807, 2.05) is 19.0 Å². The zero-order chi connectivity index (χ0) is 22.9. The number of nitrogen functional groups attached to an aromatic ring is 1. The third-order valence-electron chi connectivity index (χ3n) is 5.02. The van der Waals surface area contributed by atoms with Gasteiger partial charge in [-0.15, -0.1) is 0 Å². The first-order valence-corrected chi connectivity index (χ1v) is 9.70. The standard InChI is InChI=1S/C21H21F3N8/c1-31(2)11-17(13-3-5-16(6-4-13)21(22,23)24)32-10-15(9-30-32)19-18(14-7-28-29-8-14)20(25)27-12-26-19/h3-10,12,17H,11H2,1-2H3,(H,28,29)(H2,25,26,27). The number of nitrogens with two attached hydrogens (primary N) is 1. The first-order chi connectivity index (χ1) is 15.2. The summed E-state index contributed by atoms with van der Waals surface area (Å²) in [6.07, 6.45) is 3.76. The van der Waals surface area contributed by atoms with Crippen molar-refractivity contribution in [2.24, 2.45) is 0 Å². The molecule has 1 atom stereocenters. The molecule has 0 spiro atoms. The molecule has 0 bridgehead atoms. The average Bonchev–Trinajstić information content (AvgIpc) is 3.43. The summed E-state index contributed by atoms with van der Waals surface area (Å²) in [4.78, 5) is 10.4. The number of H-pyrrole nitrogens is 1. The number of rotatable bonds is 6. The van der Waals surface area contributed by atoms with Crippen molar-refractivity contribution in [1.82, 2.24) is 34.8 Å². The zero-order valence-electron chi connectivity index (χ0n) is 17.4. The summed E-state index contributed by atoms with van der Waals surface area (Å²) in [5.74, 6) is 0.303. The molecule has 11 heteroatoms. The van der Waals surface area contributed by atoms with E-state index in [9.17, 15) is 13.2 Å². The van der Waals surface area contributed by atoms with Gasteiger partial charge in [-0.2, -0.15) is 23.4 Å². The van der Waals surface area contributed by atoms with Crippen LogP contribution < -0.4 is 5.73 Å². The van der Waals surface area contributed by atoms with E-state index in [1.165, 1.54) is 18.5 Å². The van der Waals surface area contributed by atoms with Crippen molar-refractivity contribution < 1.29 is 13.2 Å². The van der Waals surface area contributed by atoms with Crippen LogP contribution in [-0.4, -0.2) is 55.5 Å². The maximum absolute atomic E-state index is 13.0. The number of hydrogen-bond donors (Lipinski definition) is 2. The van der Waals surface area contributed by atoms with Crippen molar-refractivity contribution in [3.8, 4) is 22.4 Å². The summed E-state index contributed by atoms with van der Waals surface area (Å²) < 4.78 is 40.6. The van der Waals surface area contributed by atoms with E-state index in [-0.39, 0.29) is 6.04 Å². The molecule has 3 aromatic heterocycles. The van der Waals surface area contributed by atoms with Gasteiger partial charge in [-0.05, 0) is 31.8 Å². The highest BCUT2D eigenvalue weighted by atomic mass is 19.4. The van der Waals surface area contributed by atoms with Gasteiger partial charge in [0, 0.05) is 30.1 Å². The lowest BCUT2D eigenvalue weighted by atomic mass is 10.0. The Labute approximate surface area is 181 Å². The highest BCUT2D eigenvalue weighted by Crippen LogP contribution is 2.34. The van der Waals surface area contributed by atoms with E-state index < -0.39 is 11.7 Å². The van der Waals surface area contributed by atoms with E-state index in [0.29, 0.717) is 34.7 Å². The van der Waals surface area contributed by atoms with Crippen LogP contribution in [0.1, 0.15) is 17.2 Å². The minimum Gasteiger partial charge on any atom is -0.383 e. The number of benzene rings is 1. The van der Waals surface area contributed by atoms with E-state index in [1.54, 1.807) is 29.5 Å². The van der Waals surface area contributed by atoms with Gasteiger partial charge in [0.05, 0.1) is 35.3 Å². The zero-order valence-corrected chi connectivity index (χ0v) is 17.4. The summed E-state index contributed by atoms with van der Waals surface area (Å²) in [5.41, 5.74) is 8.77. The van der Waals surface area contributed by atoms with Gasteiger partial charge >= 0.3 is 6.18 Å². The molecule has 0 amide bonds. The molecule has 8 nitrogen and oxygen atoms in total. The molecule has 0 fully saturated rings. The average molecular weight is 442 g/mol. The fraction of sp³-hybridized carbons (Fsp3) is 0.238. The molecule has 0 aliphatic carbocycles. The normalized spacial score (nSPS) is 12.9. The number of nitrogens with zero attached hydrogens (tertiary/aromatic N) is 6. The second-order valence-corrected chi connectivity index (χ2v) is 7.58. The van der Waals surface area contributed by atoms with Gasteiger partial charge in [-0.3, -0.25) is 9.78 Å². The van der Waals surface area contributed by atoms with E-state index in [4.69, 9.17) is 5.73 Å². The van der Waals surface area contributed by atoms with Crippen LogP contribution in [0, 0.1) is 0 Å². The molecular formula is C21H21F3N8. The van der Waals surface area contributed by atoms with E-state index in [0.717, 1.165) is 17.7 Å². The fourth-order valence-electron chi connectivity index (χ4n) is 3.50. The molecule has 0 saturated heterocycles. The van der Waals surface area contributed by atoms with Gasteiger partial charge in [0.15, 0.2) is 0 Å². The predicted molar refractivity (Wildman–Crippen MR) is 113 cm³/mol. The number of aromatic amines is 1. The Bertz CT molecular complexity index is 1180. The summed E-state index contributed by atoms with van der Waals surface area (Å²) in [6, 6.07) is 4.84. The molecule has 3 heterocycles. The second-order valence-electron chi connectivity index (χ2n) is 7.58. The summed E-state index contributed by atoms with van der Waals surface area (Å²) in [6.45, 7) is 0.535. The number of halogens is 3. The first kappa shape index (κ1) is 21.5. The summed E-state index contributed by atoms with van der Waals surface area (Å²) in [7, 11) is 3.78. The fourth-order valence-corrected chi connectivity index (χ4v) is 3.50. The number of aromatic nitrogens is 6. The van der Waals surface area contributed by atoms with Crippen LogP contribution >= 0.6 is 0 Å². The molecule has 166 valence electrons. The first-order valence-electron chi connectivity index (χ1n) is 9.70. The van der Waals surface area contributed by atoms with Crippen molar-refractivity contribution in [2.45, 2.75) is 12.2 Å². The highest BCUT2D eigenvalue weighted by Gasteiger charge is 2.30. The monoisotopic (exact) mass is 442 g/mol. The van der Waals surface area contributed by atoms with Crippen LogP contribution in [0.5, 0.6) is 0 Å².